The second-order valence-corrected chi connectivity index (χ2v) is 10.0. The van der Waals surface area contributed by atoms with E-state index in [1.54, 1.807) is 0 Å². The van der Waals surface area contributed by atoms with Crippen molar-refractivity contribution in [2.24, 2.45) is 34.5 Å². The van der Waals surface area contributed by atoms with Crippen molar-refractivity contribution in [3.63, 3.8) is 0 Å². The Morgan fingerprint density at radius 3 is 2.58 bits per heavy atom. The van der Waals surface area contributed by atoms with Crippen molar-refractivity contribution >= 4 is 0 Å². The highest BCUT2D eigenvalue weighted by Gasteiger charge is 2.70. The largest absolute Gasteiger partial charge is 0.393 e. The molecule has 0 bridgehead atoms. The van der Waals surface area contributed by atoms with E-state index in [0.29, 0.717) is 16.7 Å². The van der Waals surface area contributed by atoms with E-state index in [0.717, 1.165) is 43.8 Å². The molecule has 0 radical (unpaired) electrons. The first-order valence-electron chi connectivity index (χ1n) is 10.4. The summed E-state index contributed by atoms with van der Waals surface area (Å²) in [5.74, 6) is 3.23. The van der Waals surface area contributed by atoms with E-state index in [9.17, 15) is 5.11 Å². The molecule has 0 aromatic carbocycles. The zero-order valence-electron chi connectivity index (χ0n) is 15.4. The Balaban J connectivity index is 1.48. The average molecular weight is 335 g/mol. The molecule has 0 unspecified atom stereocenters. The Bertz CT molecular complexity index is 515. The van der Waals surface area contributed by atoms with Crippen LogP contribution in [0.3, 0.4) is 0 Å². The second kappa shape index (κ2) is 5.20. The van der Waals surface area contributed by atoms with Crippen LogP contribution in [0, 0.1) is 34.5 Å². The number of aliphatic hydroxyl groups excluding tert-OH is 1. The lowest BCUT2D eigenvalue weighted by Gasteiger charge is -2.61. The maximum absolute atomic E-state index is 10.2. The molecule has 4 aliphatic carbocycles. The van der Waals surface area contributed by atoms with Crippen molar-refractivity contribution in [2.75, 3.05) is 20.3 Å². The third kappa shape index (κ3) is 1.90. The smallest absolute Gasteiger partial charge is 0.0972 e. The Labute approximate surface area is 146 Å². The van der Waals surface area contributed by atoms with Gasteiger partial charge in [-0.3, -0.25) is 0 Å². The summed E-state index contributed by atoms with van der Waals surface area (Å²) in [7, 11) is 1.88. The number of methoxy groups -OCH3 is 1. The maximum Gasteiger partial charge on any atom is 0.0972 e. The van der Waals surface area contributed by atoms with E-state index in [4.69, 9.17) is 9.47 Å². The van der Waals surface area contributed by atoms with Gasteiger partial charge in [0, 0.05) is 12.5 Å². The van der Waals surface area contributed by atoms with Gasteiger partial charge in [0.15, 0.2) is 0 Å². The van der Waals surface area contributed by atoms with Crippen LogP contribution in [0.1, 0.15) is 64.7 Å². The quantitative estimate of drug-likeness (QED) is 0.781. The van der Waals surface area contributed by atoms with Gasteiger partial charge in [0.25, 0.3) is 0 Å². The van der Waals surface area contributed by atoms with Gasteiger partial charge in [0.05, 0.1) is 24.9 Å². The molecule has 1 spiro atoms. The van der Waals surface area contributed by atoms with E-state index in [1.807, 2.05) is 7.11 Å². The first-order valence-corrected chi connectivity index (χ1v) is 10.4. The summed E-state index contributed by atoms with van der Waals surface area (Å²) in [5.41, 5.74) is 1.04. The molecule has 8 atom stereocenters. The van der Waals surface area contributed by atoms with Crippen molar-refractivity contribution in [1.29, 1.82) is 0 Å². The van der Waals surface area contributed by atoms with E-state index in [2.05, 4.69) is 6.92 Å². The lowest BCUT2D eigenvalue weighted by atomic mass is 9.44. The number of epoxide rings is 1. The number of ether oxygens (including phenoxy) is 2. The van der Waals surface area contributed by atoms with Crippen LogP contribution in [-0.2, 0) is 9.47 Å². The number of hydrogen-bond acceptors (Lipinski definition) is 3. The average Bonchev–Trinajstić information content (AvgIpc) is 3.30. The fraction of sp³-hybridized carbons (Fsp3) is 1.00. The fourth-order valence-electron chi connectivity index (χ4n) is 8.23. The van der Waals surface area contributed by atoms with Gasteiger partial charge in [-0.25, -0.2) is 0 Å². The molecule has 1 saturated heterocycles. The molecule has 0 aromatic rings. The van der Waals surface area contributed by atoms with Crippen LogP contribution < -0.4 is 0 Å². The summed E-state index contributed by atoms with van der Waals surface area (Å²) in [5, 5.41) is 10.2. The Hall–Kier alpha value is -0.120. The minimum absolute atomic E-state index is 0.0694. The molecule has 1 aliphatic heterocycles. The molecule has 1 heterocycles. The molecular weight excluding hydrogens is 300 g/mol. The van der Waals surface area contributed by atoms with Crippen molar-refractivity contribution < 1.29 is 14.6 Å². The van der Waals surface area contributed by atoms with Gasteiger partial charge in [0.1, 0.15) is 0 Å². The molecule has 1 N–H and O–H groups in total. The predicted octanol–water partition coefficient (Wildman–Crippen LogP) is 3.79. The van der Waals surface area contributed by atoms with Crippen molar-refractivity contribution in [1.82, 2.24) is 0 Å². The fourth-order valence-corrected chi connectivity index (χ4v) is 8.23. The van der Waals surface area contributed by atoms with Gasteiger partial charge >= 0.3 is 0 Å². The lowest BCUT2D eigenvalue weighted by molar-refractivity contribution is -0.159. The summed E-state index contributed by atoms with van der Waals surface area (Å²) >= 11 is 0. The summed E-state index contributed by atoms with van der Waals surface area (Å²) in [6.07, 6.45) is 11.2. The van der Waals surface area contributed by atoms with Crippen LogP contribution in [-0.4, -0.2) is 37.1 Å². The van der Waals surface area contributed by atoms with E-state index >= 15 is 0 Å². The third-order valence-electron chi connectivity index (χ3n) is 9.53. The summed E-state index contributed by atoms with van der Waals surface area (Å²) < 4.78 is 11.9. The lowest BCUT2D eigenvalue weighted by Crippen LogP contribution is -2.57. The topological polar surface area (TPSA) is 42.0 Å². The van der Waals surface area contributed by atoms with Crippen molar-refractivity contribution in [3.8, 4) is 0 Å². The molecule has 0 amide bonds. The second-order valence-electron chi connectivity index (χ2n) is 10.0. The monoisotopic (exact) mass is 334 g/mol. The first-order chi connectivity index (χ1) is 11.5. The zero-order chi connectivity index (χ0) is 16.6. The predicted molar refractivity (Wildman–Crippen MR) is 92.6 cm³/mol. The number of fused-ring (bicyclic) bond motifs is 6. The van der Waals surface area contributed by atoms with Crippen LogP contribution in [0.4, 0.5) is 0 Å². The SMILES string of the molecule is COC[C@]12CC[C@@H](O)C[C@@H]1CC[C@@H]1[C@@H]2CC[C@@]2(C)[C@H]1CC[C@@]21CO1. The van der Waals surface area contributed by atoms with Gasteiger partial charge in [-0.15, -0.1) is 0 Å². The number of rotatable bonds is 2. The maximum atomic E-state index is 10.2. The third-order valence-corrected chi connectivity index (χ3v) is 9.53. The van der Waals surface area contributed by atoms with Crippen molar-refractivity contribution in [3.05, 3.63) is 0 Å². The van der Waals surface area contributed by atoms with Crippen LogP contribution in [0.15, 0.2) is 0 Å². The molecular formula is C21H34O3. The van der Waals surface area contributed by atoms with Gasteiger partial charge in [-0.1, -0.05) is 6.92 Å². The molecule has 3 heteroatoms. The normalized spacial score (nSPS) is 58.9. The van der Waals surface area contributed by atoms with Gasteiger partial charge < -0.3 is 14.6 Å². The van der Waals surface area contributed by atoms with Gasteiger partial charge in [0.2, 0.25) is 0 Å². The molecule has 5 rings (SSSR count). The standard InChI is InChI=1S/C21H34O3/c1-19-8-6-18-16(17(19)7-10-21(19)13-24-21)4-3-14-11-15(22)5-9-20(14,18)12-23-2/h14-18,22H,3-13H2,1-2H3/t14-,15+,16-,17-,18-,19-,20+,21+/m0/s1. The Morgan fingerprint density at radius 2 is 1.83 bits per heavy atom. The van der Waals surface area contributed by atoms with E-state index < -0.39 is 0 Å². The van der Waals surface area contributed by atoms with Gasteiger partial charge in [-0.2, -0.15) is 0 Å². The minimum Gasteiger partial charge on any atom is -0.393 e. The summed E-state index contributed by atoms with van der Waals surface area (Å²) in [6.45, 7) is 4.49. The number of hydrogen-bond donors (Lipinski definition) is 1. The van der Waals surface area contributed by atoms with E-state index in [-0.39, 0.29) is 11.7 Å². The highest BCUT2D eigenvalue weighted by atomic mass is 16.6. The van der Waals surface area contributed by atoms with E-state index in [1.165, 1.54) is 44.9 Å². The van der Waals surface area contributed by atoms with Crippen LogP contribution >= 0.6 is 0 Å². The molecule has 136 valence electrons. The highest BCUT2D eigenvalue weighted by Crippen LogP contribution is 2.71. The highest BCUT2D eigenvalue weighted by molar-refractivity contribution is 5.18. The molecule has 24 heavy (non-hydrogen) atoms. The molecule has 0 aromatic heterocycles. The minimum atomic E-state index is -0.0694. The molecule has 5 aliphatic rings. The van der Waals surface area contributed by atoms with Crippen LogP contribution in [0.25, 0.3) is 0 Å². The van der Waals surface area contributed by atoms with Crippen molar-refractivity contribution in [2.45, 2.75) is 76.4 Å². The molecule has 3 nitrogen and oxygen atoms in total. The zero-order valence-corrected chi connectivity index (χ0v) is 15.4. The van der Waals surface area contributed by atoms with Crippen LogP contribution in [0.2, 0.25) is 0 Å². The summed E-state index contributed by atoms with van der Waals surface area (Å²) in [6, 6.07) is 0. The van der Waals surface area contributed by atoms with Gasteiger partial charge in [-0.05, 0) is 86.9 Å². The number of aliphatic hydroxyl groups is 1. The molecule has 5 fully saturated rings. The Morgan fingerprint density at radius 1 is 1.04 bits per heavy atom. The molecule has 4 saturated carbocycles. The summed E-state index contributed by atoms with van der Waals surface area (Å²) in [4.78, 5) is 0. The first kappa shape index (κ1) is 16.1. The Kier molecular flexibility index (Phi) is 3.49. The van der Waals surface area contributed by atoms with Crippen LogP contribution in [0.5, 0.6) is 0 Å².